The van der Waals surface area contributed by atoms with Gasteiger partial charge in [-0.1, -0.05) is 29.8 Å². The van der Waals surface area contributed by atoms with Crippen LogP contribution in [0, 0.1) is 6.92 Å². The van der Waals surface area contributed by atoms with Crippen molar-refractivity contribution in [3.63, 3.8) is 0 Å². The second-order valence-electron chi connectivity index (χ2n) is 8.01. The molecular weight excluding hydrogens is 484 g/mol. The Hall–Kier alpha value is -3.62. The Morgan fingerprint density at radius 2 is 1.89 bits per heavy atom. The first-order valence-electron chi connectivity index (χ1n) is 10.8. The number of hydrogen-bond acceptors (Lipinski definition) is 7. The number of fused-ring (bicyclic) bond motifs is 1. The number of aromatic hydroxyl groups is 1. The normalized spacial score (nSPS) is 15.9. The minimum absolute atomic E-state index is 0.0214. The molecule has 1 aliphatic rings. The minimum atomic E-state index is -0.441. The molecule has 5 rings (SSSR count). The molecule has 1 unspecified atom stereocenters. The van der Waals surface area contributed by atoms with Crippen LogP contribution in [0.3, 0.4) is 0 Å². The summed E-state index contributed by atoms with van der Waals surface area (Å²) >= 11 is 8.06. The number of aryl methyl sites for hydroxylation is 1. The average molecular weight is 505 g/mol. The van der Waals surface area contributed by atoms with Gasteiger partial charge in [-0.25, -0.2) is 4.98 Å². The highest BCUT2D eigenvalue weighted by atomic mass is 35.5. The molecule has 4 aromatic rings. The number of phenolic OH excluding ortho intramolecular Hbond substituents is 1. The van der Waals surface area contributed by atoms with Crippen LogP contribution >= 0.6 is 23.4 Å². The Morgan fingerprint density at radius 1 is 1.09 bits per heavy atom. The van der Waals surface area contributed by atoms with E-state index >= 15 is 0 Å². The van der Waals surface area contributed by atoms with E-state index in [1.165, 1.54) is 23.9 Å². The molecule has 0 spiro atoms. The van der Waals surface area contributed by atoms with Gasteiger partial charge in [-0.3, -0.25) is 9.69 Å². The molecule has 0 saturated carbocycles. The maximum atomic E-state index is 13.1. The van der Waals surface area contributed by atoms with Crippen LogP contribution in [0.15, 0.2) is 77.0 Å². The summed E-state index contributed by atoms with van der Waals surface area (Å²) < 4.78 is 5.28. The second kappa shape index (κ2) is 9.56. The molecule has 9 heteroatoms. The van der Waals surface area contributed by atoms with Gasteiger partial charge < -0.3 is 9.84 Å². The van der Waals surface area contributed by atoms with Crippen LogP contribution in [0.25, 0.3) is 10.9 Å². The molecule has 1 aliphatic heterocycles. The van der Waals surface area contributed by atoms with Crippen molar-refractivity contribution in [2.24, 2.45) is 10.2 Å². The lowest BCUT2D eigenvalue weighted by atomic mass is 10.1. The molecule has 1 fully saturated rings. The summed E-state index contributed by atoms with van der Waals surface area (Å²) in [6, 6.07) is 19.8. The maximum Gasteiger partial charge on any atom is 0.238 e. The van der Waals surface area contributed by atoms with Gasteiger partial charge in [-0.15, -0.1) is 16.9 Å². The van der Waals surface area contributed by atoms with Crippen molar-refractivity contribution in [3.05, 3.63) is 83.0 Å². The number of anilines is 1. The highest BCUT2D eigenvalue weighted by molar-refractivity contribution is 8.00. The second-order valence-corrected chi connectivity index (χ2v) is 9.44. The number of rotatable bonds is 5. The van der Waals surface area contributed by atoms with Crippen LogP contribution in [0.2, 0.25) is 5.15 Å². The highest BCUT2D eigenvalue weighted by Crippen LogP contribution is 2.48. The Labute approximate surface area is 211 Å². The first-order valence-corrected chi connectivity index (χ1v) is 12.3. The van der Waals surface area contributed by atoms with Crippen LogP contribution in [-0.4, -0.2) is 28.9 Å². The van der Waals surface area contributed by atoms with Crippen LogP contribution in [0.5, 0.6) is 11.5 Å². The van der Waals surface area contributed by atoms with Crippen LogP contribution in [0.1, 0.15) is 16.5 Å². The van der Waals surface area contributed by atoms with Crippen molar-refractivity contribution in [1.82, 2.24) is 4.98 Å². The maximum absolute atomic E-state index is 13.1. The predicted molar refractivity (Wildman–Crippen MR) is 139 cm³/mol. The summed E-state index contributed by atoms with van der Waals surface area (Å²) in [5.41, 5.74) is 4.01. The Bertz CT molecular complexity index is 1480. The van der Waals surface area contributed by atoms with E-state index in [9.17, 15) is 9.90 Å². The number of pyridine rings is 1. The van der Waals surface area contributed by atoms with Gasteiger partial charge in [0.15, 0.2) is 0 Å². The summed E-state index contributed by atoms with van der Waals surface area (Å²) in [6.45, 7) is 1.95. The third kappa shape index (κ3) is 4.54. The highest BCUT2D eigenvalue weighted by Gasteiger charge is 2.37. The SMILES string of the molecule is COc1ccc2cc(C3SCC(=O)N3c3cc(O)ccc3N=Nc3ccccc3C)c(Cl)nc2c1. The van der Waals surface area contributed by atoms with Gasteiger partial charge in [0.25, 0.3) is 0 Å². The van der Waals surface area contributed by atoms with Gasteiger partial charge in [0.1, 0.15) is 27.7 Å². The van der Waals surface area contributed by atoms with Crippen molar-refractivity contribution in [3.8, 4) is 11.5 Å². The minimum Gasteiger partial charge on any atom is -0.508 e. The lowest BCUT2D eigenvalue weighted by Crippen LogP contribution is -2.28. The van der Waals surface area contributed by atoms with Crippen molar-refractivity contribution in [2.45, 2.75) is 12.3 Å². The lowest BCUT2D eigenvalue weighted by molar-refractivity contribution is -0.115. The van der Waals surface area contributed by atoms with E-state index in [4.69, 9.17) is 16.3 Å². The van der Waals surface area contributed by atoms with Gasteiger partial charge in [-0.2, -0.15) is 5.11 Å². The van der Waals surface area contributed by atoms with E-state index in [1.54, 1.807) is 18.1 Å². The number of phenols is 1. The Balaban J connectivity index is 1.58. The molecule has 0 aliphatic carbocycles. The van der Waals surface area contributed by atoms with Crippen LogP contribution in [-0.2, 0) is 4.79 Å². The number of aromatic nitrogens is 1. The van der Waals surface area contributed by atoms with E-state index in [-0.39, 0.29) is 17.4 Å². The average Bonchev–Trinajstić information content (AvgIpc) is 3.24. The van der Waals surface area contributed by atoms with Gasteiger partial charge in [0, 0.05) is 23.1 Å². The van der Waals surface area contributed by atoms with E-state index < -0.39 is 5.37 Å². The van der Waals surface area contributed by atoms with Crippen molar-refractivity contribution in [2.75, 3.05) is 17.8 Å². The van der Waals surface area contributed by atoms with Gasteiger partial charge in [0.2, 0.25) is 5.91 Å². The van der Waals surface area contributed by atoms with Gasteiger partial charge in [-0.05, 0) is 48.9 Å². The van der Waals surface area contributed by atoms with Crippen molar-refractivity contribution < 1.29 is 14.6 Å². The first kappa shape index (κ1) is 23.1. The molecule has 0 radical (unpaired) electrons. The number of hydrogen-bond donors (Lipinski definition) is 1. The summed E-state index contributed by atoms with van der Waals surface area (Å²) in [4.78, 5) is 19.2. The molecule has 0 bridgehead atoms. The van der Waals surface area contributed by atoms with Crippen LogP contribution < -0.4 is 9.64 Å². The zero-order valence-corrected chi connectivity index (χ0v) is 20.5. The summed E-state index contributed by atoms with van der Waals surface area (Å²) in [5, 5.41) is 19.8. The third-order valence-corrected chi connectivity index (χ3v) is 7.24. The Morgan fingerprint density at radius 3 is 2.69 bits per heavy atom. The largest absolute Gasteiger partial charge is 0.508 e. The first-order chi connectivity index (χ1) is 16.9. The molecule has 176 valence electrons. The summed E-state index contributed by atoms with van der Waals surface area (Å²) in [7, 11) is 1.60. The van der Waals surface area contributed by atoms with E-state index in [1.807, 2.05) is 55.5 Å². The van der Waals surface area contributed by atoms with Gasteiger partial charge >= 0.3 is 0 Å². The quantitative estimate of drug-likeness (QED) is 0.231. The number of carbonyl (C=O) groups excluding carboxylic acids is 1. The smallest absolute Gasteiger partial charge is 0.238 e. The number of methoxy groups -OCH3 is 1. The number of benzene rings is 3. The summed E-state index contributed by atoms with van der Waals surface area (Å²) in [5.74, 6) is 0.840. The van der Waals surface area contributed by atoms with Crippen LogP contribution in [0.4, 0.5) is 17.1 Å². The number of carbonyl (C=O) groups is 1. The fourth-order valence-corrected chi connectivity index (χ4v) is 5.42. The molecule has 1 amide bonds. The molecule has 1 saturated heterocycles. The zero-order chi connectivity index (χ0) is 24.5. The van der Waals surface area contributed by atoms with E-state index in [0.717, 1.165) is 16.6 Å². The molecule has 1 aromatic heterocycles. The fraction of sp³-hybridized carbons (Fsp3) is 0.154. The molecule has 1 atom stereocenters. The number of thioether (sulfide) groups is 1. The zero-order valence-electron chi connectivity index (χ0n) is 19.0. The van der Waals surface area contributed by atoms with E-state index in [2.05, 4.69) is 15.2 Å². The van der Waals surface area contributed by atoms with Crippen molar-refractivity contribution >= 4 is 57.2 Å². The number of ether oxygens (including phenoxy) is 1. The number of halogens is 1. The topological polar surface area (TPSA) is 87.4 Å². The lowest BCUT2D eigenvalue weighted by Gasteiger charge is -2.26. The number of azo groups is 1. The van der Waals surface area contributed by atoms with Gasteiger partial charge in [0.05, 0.1) is 29.8 Å². The third-order valence-electron chi connectivity index (χ3n) is 5.74. The fourth-order valence-electron chi connectivity index (χ4n) is 3.93. The Kier molecular flexibility index (Phi) is 6.32. The molecule has 7 nitrogen and oxygen atoms in total. The number of nitrogens with zero attached hydrogens (tertiary/aromatic N) is 4. The molecule has 2 heterocycles. The summed E-state index contributed by atoms with van der Waals surface area (Å²) in [6.07, 6.45) is 0. The van der Waals surface area contributed by atoms with Crippen molar-refractivity contribution in [1.29, 1.82) is 0 Å². The number of amides is 1. The monoisotopic (exact) mass is 504 g/mol. The standard InChI is InChI=1S/C26H21ClN4O3S/c1-15-5-3-4-6-20(15)29-30-21-10-8-17(32)12-23(21)31-24(33)14-35-26(31)19-11-16-7-9-18(34-2)13-22(16)28-25(19)27/h3-13,26,32H,14H2,1-2H3. The molecule has 3 aromatic carbocycles. The predicted octanol–water partition coefficient (Wildman–Crippen LogP) is 7.10. The molecule has 1 N–H and O–H groups in total. The van der Waals surface area contributed by atoms with E-state index in [0.29, 0.717) is 33.4 Å². The molecule has 35 heavy (non-hydrogen) atoms. The molecular formula is C26H21ClN4O3S.